The number of aryl methyl sites for hydroxylation is 1. The fourth-order valence-electron chi connectivity index (χ4n) is 1.73. The Balaban J connectivity index is 2.28. The number of carbonyl (C=O) groups is 1. The van der Waals surface area contributed by atoms with E-state index in [9.17, 15) is 4.79 Å². The van der Waals surface area contributed by atoms with E-state index >= 15 is 0 Å². The van der Waals surface area contributed by atoms with Crippen molar-refractivity contribution in [3.05, 3.63) is 59.4 Å². The predicted molar refractivity (Wildman–Crippen MR) is 77.3 cm³/mol. The first-order valence-electron chi connectivity index (χ1n) is 6.13. The molecular formula is C16H14N2O2. The van der Waals surface area contributed by atoms with Crippen LogP contribution in [0.2, 0.25) is 0 Å². The van der Waals surface area contributed by atoms with Crippen LogP contribution in [0.25, 0.3) is 0 Å². The van der Waals surface area contributed by atoms with Gasteiger partial charge in [0.15, 0.2) is 0 Å². The van der Waals surface area contributed by atoms with Gasteiger partial charge in [0.05, 0.1) is 11.1 Å². The molecule has 4 nitrogen and oxygen atoms in total. The van der Waals surface area contributed by atoms with E-state index in [0.717, 1.165) is 11.3 Å². The molecule has 0 saturated heterocycles. The summed E-state index contributed by atoms with van der Waals surface area (Å²) in [5, 5.41) is 11.6. The number of rotatable bonds is 2. The first kappa shape index (κ1) is 13.8. The first-order valence-corrected chi connectivity index (χ1v) is 6.13. The molecule has 20 heavy (non-hydrogen) atoms. The van der Waals surface area contributed by atoms with E-state index in [1.807, 2.05) is 31.2 Å². The van der Waals surface area contributed by atoms with Crippen LogP contribution in [-0.2, 0) is 0 Å². The molecule has 0 fully saturated rings. The van der Waals surface area contributed by atoms with E-state index < -0.39 is 0 Å². The Hall–Kier alpha value is -2.64. The summed E-state index contributed by atoms with van der Waals surface area (Å²) in [4.78, 5) is 16.2. The number of hydrogen-bond acceptors (Lipinski definition) is 3. The van der Waals surface area contributed by atoms with Gasteiger partial charge in [-0.1, -0.05) is 30.0 Å². The number of aliphatic hydroxyl groups is 1. The van der Waals surface area contributed by atoms with Crippen molar-refractivity contribution < 1.29 is 9.90 Å². The van der Waals surface area contributed by atoms with Crippen LogP contribution in [0.3, 0.4) is 0 Å². The number of nitrogens with one attached hydrogen (secondary N) is 1. The largest absolute Gasteiger partial charge is 0.384 e. The normalized spacial score (nSPS) is 9.50. The lowest BCUT2D eigenvalue weighted by molar-refractivity contribution is 0.102. The minimum absolute atomic E-state index is 0.246. The van der Waals surface area contributed by atoms with Gasteiger partial charge in [0.2, 0.25) is 0 Å². The number of aliphatic hydroxyl groups excluding tert-OH is 1. The maximum atomic E-state index is 12.3. The third kappa shape index (κ3) is 3.22. The molecule has 2 rings (SSSR count). The molecule has 1 aromatic heterocycles. The van der Waals surface area contributed by atoms with Crippen LogP contribution < -0.4 is 5.32 Å². The number of aromatic nitrogens is 1. The molecule has 2 N–H and O–H groups in total. The standard InChI is InChI=1S/C16H14N2O2/c1-12-5-2-3-7-15(12)18-16(20)14-8-9-17-11-13(14)6-4-10-19/h2-3,5,7-9,11,19H,10H2,1H3,(H,18,20). The molecule has 1 aromatic carbocycles. The van der Waals surface area contributed by atoms with Crippen LogP contribution in [-0.4, -0.2) is 22.6 Å². The quantitative estimate of drug-likeness (QED) is 0.817. The lowest BCUT2D eigenvalue weighted by atomic mass is 10.1. The second-order valence-corrected chi connectivity index (χ2v) is 4.15. The predicted octanol–water partition coefficient (Wildman–Crippen LogP) is 1.99. The molecule has 2 aromatic rings. The number of benzene rings is 1. The van der Waals surface area contributed by atoms with Gasteiger partial charge in [0.25, 0.3) is 5.91 Å². The maximum absolute atomic E-state index is 12.3. The highest BCUT2D eigenvalue weighted by atomic mass is 16.2. The fourth-order valence-corrected chi connectivity index (χ4v) is 1.73. The smallest absolute Gasteiger partial charge is 0.257 e. The van der Waals surface area contributed by atoms with E-state index in [1.165, 1.54) is 12.4 Å². The fraction of sp³-hybridized carbons (Fsp3) is 0.125. The van der Waals surface area contributed by atoms with Crippen molar-refractivity contribution in [1.29, 1.82) is 0 Å². The molecule has 0 aliphatic carbocycles. The van der Waals surface area contributed by atoms with E-state index in [1.54, 1.807) is 6.07 Å². The number of para-hydroxylation sites is 1. The second-order valence-electron chi connectivity index (χ2n) is 4.15. The minimum atomic E-state index is -0.256. The van der Waals surface area contributed by atoms with Crippen LogP contribution in [0, 0.1) is 18.8 Å². The third-order valence-electron chi connectivity index (χ3n) is 2.76. The third-order valence-corrected chi connectivity index (χ3v) is 2.76. The van der Waals surface area contributed by atoms with E-state index in [-0.39, 0.29) is 12.5 Å². The van der Waals surface area contributed by atoms with Crippen LogP contribution in [0.5, 0.6) is 0 Å². The van der Waals surface area contributed by atoms with Gasteiger partial charge in [-0.3, -0.25) is 9.78 Å². The van der Waals surface area contributed by atoms with E-state index in [0.29, 0.717) is 11.1 Å². The van der Waals surface area contributed by atoms with Gasteiger partial charge in [-0.05, 0) is 24.6 Å². The lowest BCUT2D eigenvalue weighted by Gasteiger charge is -2.09. The summed E-state index contributed by atoms with van der Waals surface area (Å²) in [6.07, 6.45) is 3.05. The molecule has 4 heteroatoms. The summed E-state index contributed by atoms with van der Waals surface area (Å²) in [7, 11) is 0. The second kappa shape index (κ2) is 6.50. The molecule has 1 amide bonds. The van der Waals surface area contributed by atoms with Gasteiger partial charge in [-0.25, -0.2) is 0 Å². The molecule has 0 aliphatic rings. The van der Waals surface area contributed by atoms with Crippen molar-refractivity contribution in [3.8, 4) is 11.8 Å². The molecule has 0 radical (unpaired) electrons. The monoisotopic (exact) mass is 266 g/mol. The van der Waals surface area contributed by atoms with Gasteiger partial charge < -0.3 is 10.4 Å². The maximum Gasteiger partial charge on any atom is 0.257 e. The molecule has 0 spiro atoms. The molecule has 1 heterocycles. The summed E-state index contributed by atoms with van der Waals surface area (Å²) < 4.78 is 0. The van der Waals surface area contributed by atoms with Crippen molar-refractivity contribution >= 4 is 11.6 Å². The average Bonchev–Trinajstić information content (AvgIpc) is 2.47. The molecule has 100 valence electrons. The summed E-state index contributed by atoms with van der Waals surface area (Å²) in [6, 6.07) is 9.15. The summed E-state index contributed by atoms with van der Waals surface area (Å²) in [6.45, 7) is 1.67. The highest BCUT2D eigenvalue weighted by Crippen LogP contribution is 2.15. The Labute approximate surface area is 117 Å². The Morgan fingerprint density at radius 2 is 2.15 bits per heavy atom. The number of amides is 1. The molecule has 0 atom stereocenters. The van der Waals surface area contributed by atoms with Crippen LogP contribution in [0.4, 0.5) is 5.69 Å². The zero-order chi connectivity index (χ0) is 14.4. The molecule has 0 aliphatic heterocycles. The lowest BCUT2D eigenvalue weighted by Crippen LogP contribution is -2.14. The van der Waals surface area contributed by atoms with Crippen molar-refractivity contribution in [2.45, 2.75) is 6.92 Å². The van der Waals surface area contributed by atoms with Gasteiger partial charge in [-0.2, -0.15) is 0 Å². The van der Waals surface area contributed by atoms with Gasteiger partial charge >= 0.3 is 0 Å². The summed E-state index contributed by atoms with van der Waals surface area (Å²) in [5.41, 5.74) is 2.67. The zero-order valence-corrected chi connectivity index (χ0v) is 11.1. The topological polar surface area (TPSA) is 62.2 Å². The Kier molecular flexibility index (Phi) is 4.48. The van der Waals surface area contributed by atoms with Crippen LogP contribution >= 0.6 is 0 Å². The Morgan fingerprint density at radius 1 is 1.35 bits per heavy atom. The average molecular weight is 266 g/mol. The van der Waals surface area contributed by atoms with Gasteiger partial charge in [-0.15, -0.1) is 0 Å². The zero-order valence-electron chi connectivity index (χ0n) is 11.1. The number of nitrogens with zero attached hydrogens (tertiary/aromatic N) is 1. The molecule has 0 saturated carbocycles. The number of anilines is 1. The van der Waals surface area contributed by atoms with Crippen molar-refractivity contribution in [2.75, 3.05) is 11.9 Å². The van der Waals surface area contributed by atoms with Crippen molar-refractivity contribution in [3.63, 3.8) is 0 Å². The highest BCUT2D eigenvalue weighted by molar-refractivity contribution is 6.06. The summed E-state index contributed by atoms with van der Waals surface area (Å²) >= 11 is 0. The van der Waals surface area contributed by atoms with Crippen molar-refractivity contribution in [1.82, 2.24) is 4.98 Å². The van der Waals surface area contributed by atoms with Crippen LogP contribution in [0.15, 0.2) is 42.7 Å². The number of carbonyl (C=O) groups excluding carboxylic acids is 1. The van der Waals surface area contributed by atoms with Gasteiger partial charge in [0, 0.05) is 18.1 Å². The minimum Gasteiger partial charge on any atom is -0.384 e. The molecular weight excluding hydrogens is 252 g/mol. The molecule has 0 unspecified atom stereocenters. The van der Waals surface area contributed by atoms with Crippen LogP contribution in [0.1, 0.15) is 21.5 Å². The number of hydrogen-bond donors (Lipinski definition) is 2. The van der Waals surface area contributed by atoms with E-state index in [2.05, 4.69) is 22.1 Å². The summed E-state index contributed by atoms with van der Waals surface area (Å²) in [5.74, 6) is 5.00. The highest BCUT2D eigenvalue weighted by Gasteiger charge is 2.11. The Bertz CT molecular complexity index is 684. The van der Waals surface area contributed by atoms with E-state index in [4.69, 9.17) is 5.11 Å². The van der Waals surface area contributed by atoms with Gasteiger partial charge in [0.1, 0.15) is 6.61 Å². The first-order chi connectivity index (χ1) is 9.72. The molecule has 0 bridgehead atoms. The van der Waals surface area contributed by atoms with Crippen molar-refractivity contribution in [2.24, 2.45) is 0 Å². The Morgan fingerprint density at radius 3 is 2.90 bits per heavy atom. The SMILES string of the molecule is Cc1ccccc1NC(=O)c1ccncc1C#CCO. The number of pyridine rings is 1.